The van der Waals surface area contributed by atoms with Crippen LogP contribution in [0.2, 0.25) is 5.02 Å². The van der Waals surface area contributed by atoms with Crippen LogP contribution in [-0.4, -0.2) is 29.2 Å². The molecule has 0 unspecified atom stereocenters. The van der Waals surface area contributed by atoms with Crippen LogP contribution in [0.5, 0.6) is 5.75 Å². The number of aryl methyl sites for hydroxylation is 2. The number of fused-ring (bicyclic) bond motifs is 1. The van der Waals surface area contributed by atoms with Gasteiger partial charge in [0, 0.05) is 22.9 Å². The summed E-state index contributed by atoms with van der Waals surface area (Å²) in [5.74, 6) is 0.415. The number of hydrogen-bond acceptors (Lipinski definition) is 5. The van der Waals surface area contributed by atoms with Crippen LogP contribution in [0.3, 0.4) is 0 Å². The van der Waals surface area contributed by atoms with Crippen molar-refractivity contribution in [2.45, 2.75) is 30.8 Å². The zero-order valence-electron chi connectivity index (χ0n) is 18.9. The fraction of sp³-hybridized carbons (Fsp3) is 0.231. The monoisotopic (exact) mass is 498 g/mol. The first-order valence-corrected chi connectivity index (χ1v) is 12.2. The van der Waals surface area contributed by atoms with Gasteiger partial charge in [0.1, 0.15) is 11.6 Å². The van der Waals surface area contributed by atoms with Crippen molar-refractivity contribution in [1.82, 2.24) is 9.55 Å². The van der Waals surface area contributed by atoms with Gasteiger partial charge in [-0.15, -0.1) is 0 Å². The number of nitrogens with zero attached hydrogens (tertiary/aromatic N) is 2. The fourth-order valence-corrected chi connectivity index (χ4v) is 5.00. The van der Waals surface area contributed by atoms with Gasteiger partial charge in [0.15, 0.2) is 5.16 Å². The second kappa shape index (κ2) is 10.9. The predicted molar refractivity (Wildman–Crippen MR) is 133 cm³/mol. The molecule has 4 rings (SSSR count). The minimum Gasteiger partial charge on any atom is -0.497 e. The highest BCUT2D eigenvalue weighted by atomic mass is 35.5. The Morgan fingerprint density at radius 2 is 1.94 bits per heavy atom. The lowest BCUT2D eigenvalue weighted by Crippen LogP contribution is -2.05. The number of carbonyl (C=O) groups is 1. The molecule has 0 aliphatic carbocycles. The first-order valence-electron chi connectivity index (χ1n) is 10.9. The lowest BCUT2D eigenvalue weighted by Gasteiger charge is -2.11. The van der Waals surface area contributed by atoms with Crippen LogP contribution >= 0.6 is 23.4 Å². The molecule has 0 aliphatic rings. The third-order valence-electron chi connectivity index (χ3n) is 5.41. The summed E-state index contributed by atoms with van der Waals surface area (Å²) in [7, 11) is 1.64. The summed E-state index contributed by atoms with van der Waals surface area (Å²) in [6, 6.07) is 18.0. The van der Waals surface area contributed by atoms with Gasteiger partial charge < -0.3 is 14.0 Å². The molecule has 3 aromatic carbocycles. The van der Waals surface area contributed by atoms with E-state index in [2.05, 4.69) is 4.57 Å². The van der Waals surface area contributed by atoms with Crippen molar-refractivity contribution >= 4 is 40.4 Å². The summed E-state index contributed by atoms with van der Waals surface area (Å²) in [6.45, 7) is 2.74. The molecule has 0 N–H and O–H groups in total. The highest BCUT2D eigenvalue weighted by Gasteiger charge is 2.16. The van der Waals surface area contributed by atoms with Gasteiger partial charge in [-0.3, -0.25) is 0 Å². The number of rotatable bonds is 9. The highest BCUT2D eigenvalue weighted by Crippen LogP contribution is 2.31. The van der Waals surface area contributed by atoms with Gasteiger partial charge in [-0.25, -0.2) is 14.2 Å². The third-order valence-corrected chi connectivity index (χ3v) is 6.77. The second-order valence-electron chi connectivity index (χ2n) is 7.56. The van der Waals surface area contributed by atoms with Crippen LogP contribution in [0.15, 0.2) is 65.8 Å². The molecule has 5 nitrogen and oxygen atoms in total. The number of aromatic nitrogens is 2. The molecule has 4 aromatic rings. The molecular weight excluding hydrogens is 475 g/mol. The molecule has 0 amide bonds. The number of imidazole rings is 1. The minimum atomic E-state index is -0.385. The van der Waals surface area contributed by atoms with E-state index >= 15 is 0 Å². The number of carbonyl (C=O) groups excluding carboxylic acids is 1. The van der Waals surface area contributed by atoms with Gasteiger partial charge in [-0.2, -0.15) is 0 Å². The maximum absolute atomic E-state index is 14.3. The molecular formula is C26H24ClFN2O3S. The van der Waals surface area contributed by atoms with Crippen molar-refractivity contribution < 1.29 is 18.7 Å². The Hall–Kier alpha value is -3.03. The van der Waals surface area contributed by atoms with Crippen molar-refractivity contribution in [3.8, 4) is 5.75 Å². The molecule has 8 heteroatoms. The van der Waals surface area contributed by atoms with Crippen molar-refractivity contribution in [3.05, 3.63) is 88.2 Å². The minimum absolute atomic E-state index is 0.303. The molecule has 0 bridgehead atoms. The van der Waals surface area contributed by atoms with Gasteiger partial charge in [0.05, 0.1) is 30.3 Å². The molecule has 1 heterocycles. The predicted octanol–water partition coefficient (Wildman–Crippen LogP) is 6.55. The number of methoxy groups -OCH3 is 1. The third kappa shape index (κ3) is 5.37. The molecule has 0 spiro atoms. The Bertz CT molecular complexity index is 1290. The smallest absolute Gasteiger partial charge is 0.338 e. The zero-order chi connectivity index (χ0) is 24.1. The number of hydrogen-bond donors (Lipinski definition) is 0. The van der Waals surface area contributed by atoms with Crippen LogP contribution in [-0.2, 0) is 23.5 Å². The first kappa shape index (κ1) is 24.1. The number of halogens is 2. The lowest BCUT2D eigenvalue weighted by atomic mass is 10.1. The SMILES string of the molecule is CCOC(=O)c1ccc2c(c1)nc(SCc1c(F)cccc1Cl)n2CCc1ccc(OC)cc1. The summed E-state index contributed by atoms with van der Waals surface area (Å²) < 4.78 is 26.8. The topological polar surface area (TPSA) is 53.3 Å². The van der Waals surface area contributed by atoms with Gasteiger partial charge in [-0.1, -0.05) is 41.6 Å². The van der Waals surface area contributed by atoms with Crippen molar-refractivity contribution in [3.63, 3.8) is 0 Å². The molecule has 176 valence electrons. The number of benzene rings is 3. The molecule has 0 fully saturated rings. The van der Waals surface area contributed by atoms with Gasteiger partial charge in [0.2, 0.25) is 0 Å². The van der Waals surface area contributed by atoms with Gasteiger partial charge in [0.25, 0.3) is 0 Å². The Kier molecular flexibility index (Phi) is 7.75. The average molecular weight is 499 g/mol. The quantitative estimate of drug-likeness (QED) is 0.193. The summed E-state index contributed by atoms with van der Waals surface area (Å²) in [5.41, 5.74) is 3.61. The van der Waals surface area contributed by atoms with E-state index in [4.69, 9.17) is 26.1 Å². The molecule has 0 saturated carbocycles. The first-order chi connectivity index (χ1) is 16.5. The van der Waals surface area contributed by atoms with Gasteiger partial charge >= 0.3 is 5.97 Å². The molecule has 0 atom stereocenters. The largest absolute Gasteiger partial charge is 0.497 e. The Morgan fingerprint density at radius 3 is 2.65 bits per heavy atom. The van der Waals surface area contributed by atoms with E-state index in [1.807, 2.05) is 30.3 Å². The Morgan fingerprint density at radius 1 is 1.15 bits per heavy atom. The normalized spacial score (nSPS) is 11.1. The van der Waals surface area contributed by atoms with E-state index in [9.17, 15) is 9.18 Å². The second-order valence-corrected chi connectivity index (χ2v) is 8.91. The number of esters is 1. The lowest BCUT2D eigenvalue weighted by molar-refractivity contribution is 0.0526. The Balaban J connectivity index is 1.65. The van der Waals surface area contributed by atoms with Gasteiger partial charge in [-0.05, 0) is 61.4 Å². The summed E-state index contributed by atoms with van der Waals surface area (Å²) in [4.78, 5) is 17.0. The van der Waals surface area contributed by atoms with E-state index in [1.165, 1.54) is 17.8 Å². The van der Waals surface area contributed by atoms with E-state index in [1.54, 1.807) is 38.3 Å². The van der Waals surface area contributed by atoms with Crippen LogP contribution in [0.1, 0.15) is 28.4 Å². The molecule has 0 saturated heterocycles. The highest BCUT2D eigenvalue weighted by molar-refractivity contribution is 7.98. The van der Waals surface area contributed by atoms with E-state index < -0.39 is 0 Å². The van der Waals surface area contributed by atoms with Crippen LogP contribution < -0.4 is 4.74 Å². The summed E-state index contributed by atoms with van der Waals surface area (Å²) in [5, 5.41) is 1.11. The van der Waals surface area contributed by atoms with Crippen LogP contribution in [0.25, 0.3) is 11.0 Å². The van der Waals surface area contributed by atoms with Crippen molar-refractivity contribution in [1.29, 1.82) is 0 Å². The summed E-state index contributed by atoms with van der Waals surface area (Å²) in [6.07, 6.45) is 0.767. The van der Waals surface area contributed by atoms with Crippen molar-refractivity contribution in [2.75, 3.05) is 13.7 Å². The van der Waals surface area contributed by atoms with Crippen LogP contribution in [0.4, 0.5) is 4.39 Å². The average Bonchev–Trinajstić information content (AvgIpc) is 3.19. The van der Waals surface area contributed by atoms with E-state index in [0.29, 0.717) is 40.6 Å². The van der Waals surface area contributed by atoms with Crippen LogP contribution in [0, 0.1) is 5.82 Å². The molecule has 34 heavy (non-hydrogen) atoms. The summed E-state index contributed by atoms with van der Waals surface area (Å²) >= 11 is 7.63. The molecule has 0 radical (unpaired) electrons. The van der Waals surface area contributed by atoms with Crippen molar-refractivity contribution in [2.24, 2.45) is 0 Å². The van der Waals surface area contributed by atoms with E-state index in [0.717, 1.165) is 28.4 Å². The number of thioether (sulfide) groups is 1. The zero-order valence-corrected chi connectivity index (χ0v) is 20.5. The Labute approximate surface area is 206 Å². The maximum atomic E-state index is 14.3. The van der Waals surface area contributed by atoms with E-state index in [-0.39, 0.29) is 11.8 Å². The molecule has 0 aliphatic heterocycles. The standard InChI is InChI=1S/C26H24ClFN2O3S/c1-3-33-25(31)18-9-12-24-23(15-18)29-26(34-16-20-21(27)5-4-6-22(20)28)30(24)14-13-17-7-10-19(32-2)11-8-17/h4-12,15H,3,13-14,16H2,1-2H3. The number of ether oxygens (including phenoxy) is 2. The molecule has 1 aromatic heterocycles. The fourth-order valence-electron chi connectivity index (χ4n) is 3.62. The maximum Gasteiger partial charge on any atom is 0.338 e.